The topological polar surface area (TPSA) is 189 Å². The summed E-state index contributed by atoms with van der Waals surface area (Å²) in [6.07, 6.45) is 5.08. The van der Waals surface area contributed by atoms with Gasteiger partial charge in [-0.15, -0.1) is 0 Å². The number of carbonyl (C=O) groups is 4. The molecular weight excluding hydrogens is 827 g/mol. The average Bonchev–Trinajstić information content (AvgIpc) is 4.18. The van der Waals surface area contributed by atoms with Gasteiger partial charge in [0.05, 0.1) is 61.3 Å². The number of amides is 4. The van der Waals surface area contributed by atoms with Crippen molar-refractivity contribution in [3.8, 4) is 39.7 Å². The molecule has 3 aromatic carbocycles. The monoisotopic (exact) mass is 881 g/mol. The molecule has 16 nitrogen and oxygen atoms in total. The van der Waals surface area contributed by atoms with Crippen molar-refractivity contribution < 1.29 is 33.4 Å². The number of likely N-dealkylation sites (tertiary alicyclic amines) is 2. The lowest BCUT2D eigenvalue weighted by Crippen LogP contribution is -2.51. The van der Waals surface area contributed by atoms with Gasteiger partial charge in [-0.05, 0) is 67.9 Å². The Bertz CT molecular complexity index is 2740. The fourth-order valence-corrected chi connectivity index (χ4v) is 9.58. The summed E-state index contributed by atoms with van der Waals surface area (Å²) >= 11 is 0. The first-order chi connectivity index (χ1) is 31.4. The van der Waals surface area contributed by atoms with Crippen molar-refractivity contribution in [1.29, 1.82) is 0 Å². The van der Waals surface area contributed by atoms with E-state index in [0.717, 1.165) is 75.9 Å². The Balaban J connectivity index is 1.00. The predicted molar refractivity (Wildman–Crippen MR) is 243 cm³/mol. The normalized spacial score (nSPS) is 18.9. The van der Waals surface area contributed by atoms with Crippen molar-refractivity contribution in [3.05, 3.63) is 102 Å². The van der Waals surface area contributed by atoms with Crippen LogP contribution in [0.5, 0.6) is 5.75 Å². The summed E-state index contributed by atoms with van der Waals surface area (Å²) in [7, 11) is 2.58. The zero-order chi connectivity index (χ0) is 45.5. The van der Waals surface area contributed by atoms with Crippen LogP contribution in [-0.2, 0) is 19.1 Å². The van der Waals surface area contributed by atoms with Crippen molar-refractivity contribution in [1.82, 2.24) is 44.9 Å². The lowest BCUT2D eigenvalue weighted by molar-refractivity contribution is -0.136. The summed E-state index contributed by atoms with van der Waals surface area (Å²) in [4.78, 5) is 72.0. The molecule has 6 heterocycles. The number of H-pyrrole nitrogens is 2. The molecular formula is C49H55N9O7. The Morgan fingerprint density at radius 3 is 2.05 bits per heavy atom. The third kappa shape index (κ3) is 8.17. The molecule has 3 aliphatic rings. The minimum absolute atomic E-state index is 0.128. The molecule has 2 saturated heterocycles. The Hall–Kier alpha value is -7.10. The van der Waals surface area contributed by atoms with E-state index in [1.807, 2.05) is 74.0 Å². The predicted octanol–water partition coefficient (Wildman–Crippen LogP) is 8.12. The maximum atomic E-state index is 13.8. The van der Waals surface area contributed by atoms with Crippen LogP contribution in [-0.4, -0.2) is 97.7 Å². The first kappa shape index (κ1) is 43.2. The molecule has 4 amide bonds. The van der Waals surface area contributed by atoms with Gasteiger partial charge in [-0.25, -0.2) is 19.6 Å². The smallest absolute Gasteiger partial charge is 0.407 e. The summed E-state index contributed by atoms with van der Waals surface area (Å²) in [5, 5.41) is 6.46. The minimum Gasteiger partial charge on any atom is -0.465 e. The van der Waals surface area contributed by atoms with E-state index in [2.05, 4.69) is 67.6 Å². The summed E-state index contributed by atoms with van der Waals surface area (Å²) in [6, 6.07) is 22.9. The van der Waals surface area contributed by atoms with Gasteiger partial charge in [-0.2, -0.15) is 0 Å². The SMILES string of the molecule is COC(=O)N[C@H](C(=O)N1CCC[C@H]1c1cnc(-c2ccc3c(c2)O[C@@H](c2ccccc2)n2c-3cc3cc(-c4cnc([C@@H]5CCCN5C(=O)[C@@H](NC(=O)OC)C(C)C)[nH]4)ccc32)[nH]1)C(C)C. The van der Waals surface area contributed by atoms with E-state index in [0.29, 0.717) is 30.5 Å². The van der Waals surface area contributed by atoms with Crippen LogP contribution in [0.2, 0.25) is 0 Å². The van der Waals surface area contributed by atoms with E-state index >= 15 is 0 Å². The highest BCUT2D eigenvalue weighted by Crippen LogP contribution is 2.46. The number of imidazole rings is 2. The largest absolute Gasteiger partial charge is 0.465 e. The molecule has 4 N–H and O–H groups in total. The molecule has 0 bridgehead atoms. The molecule has 338 valence electrons. The van der Waals surface area contributed by atoms with Crippen molar-refractivity contribution in [2.75, 3.05) is 27.3 Å². The number of aromatic amines is 2. The summed E-state index contributed by atoms with van der Waals surface area (Å²) in [5.74, 6) is 1.52. The highest BCUT2D eigenvalue weighted by Gasteiger charge is 2.39. The Kier molecular flexibility index (Phi) is 11.8. The quantitative estimate of drug-likeness (QED) is 0.0997. The second-order valence-electron chi connectivity index (χ2n) is 17.7. The highest BCUT2D eigenvalue weighted by molar-refractivity contribution is 5.93. The van der Waals surface area contributed by atoms with Crippen LogP contribution in [0.25, 0.3) is 44.8 Å². The Morgan fingerprint density at radius 2 is 1.38 bits per heavy atom. The number of carbonyl (C=O) groups excluding carboxylic acids is 4. The number of rotatable bonds is 11. The van der Waals surface area contributed by atoms with Crippen molar-refractivity contribution in [2.45, 2.75) is 83.8 Å². The number of nitrogens with zero attached hydrogens (tertiary/aromatic N) is 5. The van der Waals surface area contributed by atoms with Crippen LogP contribution in [0.1, 0.15) is 88.8 Å². The van der Waals surface area contributed by atoms with Gasteiger partial charge < -0.3 is 49.2 Å². The van der Waals surface area contributed by atoms with Crippen molar-refractivity contribution >= 4 is 34.9 Å². The fraction of sp³-hybridized carbons (Fsp3) is 0.388. The lowest BCUT2D eigenvalue weighted by atomic mass is 10.0. The van der Waals surface area contributed by atoms with Gasteiger partial charge in [-0.1, -0.05) is 70.2 Å². The molecule has 16 heteroatoms. The van der Waals surface area contributed by atoms with Gasteiger partial charge in [0.25, 0.3) is 0 Å². The molecule has 0 aliphatic carbocycles. The standard InChI is InChI=1S/C49H55N9O7/c1-27(2)41(54-48(61)63-5)45(59)56-20-10-14-37(56)35-26-50-43(53-35)31-16-18-33-39-23-32-22-30(17-19-36(32)58(39)47(65-40(33)24-31)29-12-8-7-9-13-29)34-25-51-44(52-34)38-15-11-21-57(38)46(60)42(28(3)4)55-49(62)64-6/h7-9,12-13,16-19,22-28,37-38,41-42,47H,10-11,14-15,20-21H2,1-6H3,(H,50,53)(H,51,52)(H,54,61)(H,55,62)/t37-,38-,41-,42-,47-/m0/s1. The number of methoxy groups -OCH3 is 2. The van der Waals surface area contributed by atoms with E-state index < -0.39 is 30.5 Å². The molecule has 0 unspecified atom stereocenters. The second-order valence-corrected chi connectivity index (χ2v) is 17.7. The third-order valence-electron chi connectivity index (χ3n) is 13.0. The van der Waals surface area contributed by atoms with Crippen LogP contribution < -0.4 is 15.4 Å². The van der Waals surface area contributed by atoms with Crippen molar-refractivity contribution in [2.24, 2.45) is 11.8 Å². The molecule has 3 aliphatic heterocycles. The molecule has 0 spiro atoms. The van der Waals surface area contributed by atoms with Crippen LogP contribution in [0.4, 0.5) is 9.59 Å². The Morgan fingerprint density at radius 1 is 0.738 bits per heavy atom. The van der Waals surface area contributed by atoms with Crippen LogP contribution in [0.15, 0.2) is 85.2 Å². The zero-order valence-electron chi connectivity index (χ0n) is 37.5. The third-order valence-corrected chi connectivity index (χ3v) is 13.0. The molecule has 0 radical (unpaired) electrons. The Labute approximate surface area is 377 Å². The van der Waals surface area contributed by atoms with Crippen molar-refractivity contribution in [3.63, 3.8) is 0 Å². The highest BCUT2D eigenvalue weighted by atomic mass is 16.5. The maximum absolute atomic E-state index is 13.8. The van der Waals surface area contributed by atoms with Gasteiger partial charge in [-0.3, -0.25) is 9.59 Å². The average molecular weight is 882 g/mol. The molecule has 65 heavy (non-hydrogen) atoms. The first-order valence-corrected chi connectivity index (χ1v) is 22.4. The van der Waals surface area contributed by atoms with E-state index in [4.69, 9.17) is 24.2 Å². The molecule has 0 saturated carbocycles. The molecule has 3 aromatic heterocycles. The van der Waals surface area contributed by atoms with Gasteiger partial charge in [0, 0.05) is 40.7 Å². The summed E-state index contributed by atoms with van der Waals surface area (Å²) in [5.41, 5.74) is 7.39. The molecule has 6 aromatic rings. The number of fused-ring (bicyclic) bond motifs is 5. The number of benzene rings is 3. The molecule has 2 fully saturated rings. The van der Waals surface area contributed by atoms with E-state index in [9.17, 15) is 19.2 Å². The van der Waals surface area contributed by atoms with Crippen LogP contribution >= 0.6 is 0 Å². The van der Waals surface area contributed by atoms with E-state index in [-0.39, 0.29) is 35.7 Å². The molecule has 9 rings (SSSR count). The minimum atomic E-state index is -0.714. The zero-order valence-corrected chi connectivity index (χ0v) is 37.5. The first-order valence-electron chi connectivity index (χ1n) is 22.4. The number of alkyl carbamates (subject to hydrolysis) is 2. The lowest BCUT2D eigenvalue weighted by Gasteiger charge is -2.30. The van der Waals surface area contributed by atoms with Gasteiger partial charge in [0.1, 0.15) is 29.5 Å². The fourth-order valence-electron chi connectivity index (χ4n) is 9.58. The maximum Gasteiger partial charge on any atom is 0.407 e. The van der Waals surface area contributed by atoms with Crippen LogP contribution in [0.3, 0.4) is 0 Å². The van der Waals surface area contributed by atoms with E-state index in [1.165, 1.54) is 14.2 Å². The second kappa shape index (κ2) is 17.8. The number of nitrogens with one attached hydrogen (secondary N) is 4. The molecule has 5 atom stereocenters. The summed E-state index contributed by atoms with van der Waals surface area (Å²) in [6.45, 7) is 8.77. The number of aromatic nitrogens is 5. The van der Waals surface area contributed by atoms with Gasteiger partial charge in [0.2, 0.25) is 18.0 Å². The number of hydrogen-bond donors (Lipinski definition) is 4. The number of ether oxygens (including phenoxy) is 3. The van der Waals surface area contributed by atoms with Crippen LogP contribution in [0, 0.1) is 11.8 Å². The van der Waals surface area contributed by atoms with E-state index in [1.54, 1.807) is 6.20 Å². The number of hydrogen-bond acceptors (Lipinski definition) is 9. The summed E-state index contributed by atoms with van der Waals surface area (Å²) < 4.78 is 18.8. The van der Waals surface area contributed by atoms with Gasteiger partial charge in [0.15, 0.2) is 0 Å². The van der Waals surface area contributed by atoms with Gasteiger partial charge >= 0.3 is 12.2 Å².